The first-order valence-corrected chi connectivity index (χ1v) is 9.37. The average Bonchev–Trinajstić information content (AvgIpc) is 3.42. The Hall–Kier alpha value is -3.54. The second-order valence-electron chi connectivity index (χ2n) is 7.03. The van der Waals surface area contributed by atoms with Crippen LogP contribution >= 0.6 is 0 Å². The minimum Gasteiger partial charge on any atom is -0.338 e. The summed E-state index contributed by atoms with van der Waals surface area (Å²) in [5.41, 5.74) is 3.77. The van der Waals surface area contributed by atoms with Crippen LogP contribution in [0.3, 0.4) is 0 Å². The number of nitrogens with zero attached hydrogens (tertiary/aromatic N) is 5. The molecule has 0 spiro atoms. The molecule has 4 aromatic rings. The topological polar surface area (TPSA) is 63.9 Å². The van der Waals surface area contributed by atoms with E-state index < -0.39 is 0 Å². The first-order valence-electron chi connectivity index (χ1n) is 9.37. The summed E-state index contributed by atoms with van der Waals surface area (Å²) in [6.45, 7) is 1.50. The summed E-state index contributed by atoms with van der Waals surface area (Å²) in [7, 11) is 0. The van der Waals surface area contributed by atoms with Crippen molar-refractivity contribution in [2.75, 3.05) is 13.1 Å². The zero-order valence-corrected chi connectivity index (χ0v) is 15.3. The third kappa shape index (κ3) is 2.93. The lowest BCUT2D eigenvalue weighted by Crippen LogP contribution is -2.28. The average molecular weight is 369 g/mol. The highest BCUT2D eigenvalue weighted by atomic mass is 16.2. The van der Waals surface area contributed by atoms with Gasteiger partial charge in [-0.25, -0.2) is 9.97 Å². The Kier molecular flexibility index (Phi) is 4.09. The highest BCUT2D eigenvalue weighted by molar-refractivity contribution is 5.94. The molecule has 1 fully saturated rings. The van der Waals surface area contributed by atoms with Gasteiger partial charge in [0, 0.05) is 37.6 Å². The van der Waals surface area contributed by atoms with E-state index in [4.69, 9.17) is 0 Å². The van der Waals surface area contributed by atoms with Crippen molar-refractivity contribution in [2.45, 2.75) is 12.3 Å². The molecular weight excluding hydrogens is 350 g/mol. The molecule has 0 aliphatic carbocycles. The second-order valence-corrected chi connectivity index (χ2v) is 7.03. The zero-order valence-electron chi connectivity index (χ0n) is 15.3. The van der Waals surface area contributed by atoms with Gasteiger partial charge in [0.25, 0.3) is 5.91 Å². The van der Waals surface area contributed by atoms with Gasteiger partial charge in [0.1, 0.15) is 12.1 Å². The van der Waals surface area contributed by atoms with Crippen molar-refractivity contribution in [1.29, 1.82) is 0 Å². The molecule has 28 heavy (non-hydrogen) atoms. The van der Waals surface area contributed by atoms with Crippen molar-refractivity contribution < 1.29 is 4.79 Å². The molecule has 0 bridgehead atoms. The maximum absolute atomic E-state index is 12.9. The number of aromatic nitrogens is 4. The number of hydrogen-bond donors (Lipinski definition) is 0. The molecule has 1 saturated heterocycles. The fourth-order valence-corrected chi connectivity index (χ4v) is 3.83. The van der Waals surface area contributed by atoms with Crippen molar-refractivity contribution >= 4 is 16.9 Å². The van der Waals surface area contributed by atoms with Gasteiger partial charge < -0.3 is 4.90 Å². The minimum absolute atomic E-state index is 0.0334. The zero-order chi connectivity index (χ0) is 18.9. The lowest BCUT2D eigenvalue weighted by molar-refractivity contribution is 0.0790. The number of para-hydroxylation sites is 2. The van der Waals surface area contributed by atoms with Crippen LogP contribution in [0.1, 0.15) is 28.3 Å². The smallest absolute Gasteiger partial charge is 0.255 e. The quantitative estimate of drug-likeness (QED) is 0.555. The standard InChI is InChI=1S/C22H19N5O/c28-22(26-12-9-18(14-26)16-7-10-23-11-8-16)17-5-6-21(24-13-17)27-15-25-19-3-1-2-4-20(19)27/h1-8,10-11,13,15,18H,9,12,14H2. The van der Waals surface area contributed by atoms with E-state index in [-0.39, 0.29) is 5.91 Å². The first kappa shape index (κ1) is 16.6. The molecule has 138 valence electrons. The van der Waals surface area contributed by atoms with Crippen molar-refractivity contribution in [3.8, 4) is 5.82 Å². The van der Waals surface area contributed by atoms with Crippen LogP contribution in [-0.4, -0.2) is 43.4 Å². The molecule has 1 aliphatic rings. The number of likely N-dealkylation sites (tertiary alicyclic amines) is 1. The molecule has 1 amide bonds. The number of fused-ring (bicyclic) bond motifs is 1. The van der Waals surface area contributed by atoms with Crippen LogP contribution in [0.4, 0.5) is 0 Å². The van der Waals surface area contributed by atoms with Gasteiger partial charge in [-0.3, -0.25) is 14.3 Å². The Morgan fingerprint density at radius 1 is 1.00 bits per heavy atom. The van der Waals surface area contributed by atoms with Gasteiger partial charge in [-0.1, -0.05) is 12.1 Å². The van der Waals surface area contributed by atoms with E-state index in [1.54, 1.807) is 12.5 Å². The van der Waals surface area contributed by atoms with Crippen LogP contribution in [0, 0.1) is 0 Å². The molecule has 0 N–H and O–H groups in total. The number of pyridine rings is 2. The van der Waals surface area contributed by atoms with E-state index in [0.717, 1.165) is 36.4 Å². The fraction of sp³-hybridized carbons (Fsp3) is 0.182. The first-order chi connectivity index (χ1) is 13.8. The summed E-state index contributed by atoms with van der Waals surface area (Å²) in [5, 5.41) is 0. The second kappa shape index (κ2) is 6.88. The van der Waals surface area contributed by atoms with Gasteiger partial charge in [-0.05, 0) is 48.4 Å². The molecular formula is C22H19N5O. The minimum atomic E-state index is 0.0334. The van der Waals surface area contributed by atoms with Crippen molar-refractivity contribution in [1.82, 2.24) is 24.4 Å². The number of amides is 1. The molecule has 1 unspecified atom stereocenters. The molecule has 1 atom stereocenters. The van der Waals surface area contributed by atoms with Crippen LogP contribution in [-0.2, 0) is 0 Å². The largest absolute Gasteiger partial charge is 0.338 e. The number of carbonyl (C=O) groups excluding carboxylic acids is 1. The predicted octanol–water partition coefficient (Wildman–Crippen LogP) is 3.45. The van der Waals surface area contributed by atoms with Crippen LogP contribution < -0.4 is 0 Å². The van der Waals surface area contributed by atoms with E-state index in [2.05, 4.69) is 15.0 Å². The maximum Gasteiger partial charge on any atom is 0.255 e. The van der Waals surface area contributed by atoms with Crippen LogP contribution in [0.5, 0.6) is 0 Å². The maximum atomic E-state index is 12.9. The van der Waals surface area contributed by atoms with Crippen LogP contribution in [0.15, 0.2) is 73.4 Å². The van der Waals surface area contributed by atoms with Crippen molar-refractivity contribution in [3.63, 3.8) is 0 Å². The summed E-state index contributed by atoms with van der Waals surface area (Å²) in [5.74, 6) is 1.16. The SMILES string of the molecule is O=C(c1ccc(-n2cnc3ccccc32)nc1)N1CCC(c2ccncc2)C1. The lowest BCUT2D eigenvalue weighted by Gasteiger charge is -2.17. The summed E-state index contributed by atoms with van der Waals surface area (Å²) in [6.07, 6.45) is 8.01. The third-order valence-corrected chi connectivity index (χ3v) is 5.35. The Bertz CT molecular complexity index is 1120. The Labute approximate surface area is 162 Å². The van der Waals surface area contributed by atoms with E-state index in [0.29, 0.717) is 11.5 Å². The van der Waals surface area contributed by atoms with Gasteiger partial charge in [0.2, 0.25) is 0 Å². The van der Waals surface area contributed by atoms with E-state index in [1.807, 2.05) is 70.4 Å². The number of carbonyl (C=O) groups is 1. The number of imidazole rings is 1. The third-order valence-electron chi connectivity index (χ3n) is 5.35. The molecule has 1 aromatic carbocycles. The molecule has 6 heteroatoms. The van der Waals surface area contributed by atoms with Gasteiger partial charge in [-0.15, -0.1) is 0 Å². The lowest BCUT2D eigenvalue weighted by atomic mass is 10.00. The van der Waals surface area contributed by atoms with Gasteiger partial charge in [0.15, 0.2) is 0 Å². The Morgan fingerprint density at radius 2 is 1.86 bits per heavy atom. The van der Waals surface area contributed by atoms with Crippen LogP contribution in [0.25, 0.3) is 16.9 Å². The number of benzene rings is 1. The molecule has 4 heterocycles. The van der Waals surface area contributed by atoms with Gasteiger partial charge in [-0.2, -0.15) is 0 Å². The van der Waals surface area contributed by atoms with E-state index in [1.165, 1.54) is 5.56 Å². The molecule has 6 nitrogen and oxygen atoms in total. The monoisotopic (exact) mass is 369 g/mol. The fourth-order valence-electron chi connectivity index (χ4n) is 3.83. The number of hydrogen-bond acceptors (Lipinski definition) is 4. The normalized spacial score (nSPS) is 16.6. The van der Waals surface area contributed by atoms with E-state index in [9.17, 15) is 4.79 Å². The predicted molar refractivity (Wildman–Crippen MR) is 106 cm³/mol. The molecule has 5 rings (SSSR count). The number of rotatable bonds is 3. The highest BCUT2D eigenvalue weighted by Crippen LogP contribution is 2.27. The summed E-state index contributed by atoms with van der Waals surface area (Å²) in [4.78, 5) is 27.8. The van der Waals surface area contributed by atoms with Gasteiger partial charge in [0.05, 0.1) is 16.6 Å². The Balaban J connectivity index is 1.34. The van der Waals surface area contributed by atoms with Crippen molar-refractivity contribution in [2.24, 2.45) is 0 Å². The van der Waals surface area contributed by atoms with Crippen molar-refractivity contribution in [3.05, 3.63) is 84.6 Å². The van der Waals surface area contributed by atoms with Crippen LogP contribution in [0.2, 0.25) is 0 Å². The highest BCUT2D eigenvalue weighted by Gasteiger charge is 2.28. The van der Waals surface area contributed by atoms with E-state index >= 15 is 0 Å². The molecule has 1 aliphatic heterocycles. The van der Waals surface area contributed by atoms with Gasteiger partial charge >= 0.3 is 0 Å². The Morgan fingerprint density at radius 3 is 2.68 bits per heavy atom. The molecule has 0 saturated carbocycles. The summed E-state index contributed by atoms with van der Waals surface area (Å²) >= 11 is 0. The molecule has 0 radical (unpaired) electrons. The molecule has 3 aromatic heterocycles. The summed E-state index contributed by atoms with van der Waals surface area (Å²) < 4.78 is 1.93. The summed E-state index contributed by atoms with van der Waals surface area (Å²) in [6, 6.07) is 15.7.